The molecule has 0 fully saturated rings. The summed E-state index contributed by atoms with van der Waals surface area (Å²) in [6.07, 6.45) is 0. The van der Waals surface area contributed by atoms with Crippen LogP contribution in [0.15, 0.2) is 41.1 Å². The van der Waals surface area contributed by atoms with Crippen LogP contribution in [0.25, 0.3) is 0 Å². The van der Waals surface area contributed by atoms with Crippen molar-refractivity contribution in [2.24, 2.45) is 5.73 Å². The second-order valence-electron chi connectivity index (χ2n) is 3.50. The summed E-state index contributed by atoms with van der Waals surface area (Å²) in [6.45, 7) is 0.479. The van der Waals surface area contributed by atoms with E-state index in [1.807, 2.05) is 22.9 Å². The monoisotopic (exact) mass is 236 g/mol. The molecule has 3 N–H and O–H groups in total. The predicted octanol–water partition coefficient (Wildman–Crippen LogP) is 3.00. The van der Waals surface area contributed by atoms with Gasteiger partial charge in [-0.2, -0.15) is 11.3 Å². The normalized spacial score (nSPS) is 12.4. The molecule has 1 aromatic heterocycles. The van der Waals surface area contributed by atoms with Crippen LogP contribution >= 0.6 is 11.3 Å². The van der Waals surface area contributed by atoms with Crippen LogP contribution in [0.3, 0.4) is 0 Å². The van der Waals surface area contributed by atoms with Crippen molar-refractivity contribution in [3.63, 3.8) is 0 Å². The van der Waals surface area contributed by atoms with E-state index < -0.39 is 0 Å². The zero-order valence-electron chi connectivity index (χ0n) is 8.69. The van der Waals surface area contributed by atoms with Gasteiger partial charge >= 0.3 is 0 Å². The molecule has 0 radical (unpaired) electrons. The van der Waals surface area contributed by atoms with Crippen LogP contribution in [-0.2, 0) is 0 Å². The van der Waals surface area contributed by atoms with Crippen molar-refractivity contribution in [2.45, 2.75) is 6.04 Å². The first-order valence-corrected chi connectivity index (χ1v) is 5.98. The Bertz CT molecular complexity index is 442. The Balaban J connectivity index is 2.13. The van der Waals surface area contributed by atoms with E-state index in [2.05, 4.69) is 5.32 Å². The molecule has 1 aromatic carbocycles. The number of benzene rings is 1. The molecule has 0 bridgehead atoms. The molecule has 16 heavy (non-hydrogen) atoms. The number of rotatable bonds is 4. The van der Waals surface area contributed by atoms with Gasteiger partial charge in [0.05, 0.1) is 6.04 Å². The molecule has 0 aliphatic rings. The lowest BCUT2D eigenvalue weighted by Crippen LogP contribution is -2.20. The summed E-state index contributed by atoms with van der Waals surface area (Å²) in [7, 11) is 0. The third-order valence-electron chi connectivity index (χ3n) is 2.35. The Hall–Kier alpha value is -1.39. The minimum atomic E-state index is -0.244. The van der Waals surface area contributed by atoms with Gasteiger partial charge in [0.15, 0.2) is 0 Å². The van der Waals surface area contributed by atoms with Crippen molar-refractivity contribution in [1.82, 2.24) is 0 Å². The van der Waals surface area contributed by atoms with E-state index >= 15 is 0 Å². The van der Waals surface area contributed by atoms with E-state index in [1.165, 1.54) is 12.1 Å². The highest BCUT2D eigenvalue weighted by molar-refractivity contribution is 7.08. The maximum atomic E-state index is 13.0. The lowest BCUT2D eigenvalue weighted by Gasteiger charge is -2.17. The summed E-state index contributed by atoms with van der Waals surface area (Å²) >= 11 is 1.63. The maximum Gasteiger partial charge on any atom is 0.125 e. The number of anilines is 1. The van der Waals surface area contributed by atoms with Gasteiger partial charge in [-0.3, -0.25) is 0 Å². The van der Waals surface area contributed by atoms with Crippen LogP contribution in [0.4, 0.5) is 10.1 Å². The second kappa shape index (κ2) is 5.09. The molecule has 2 aromatic rings. The standard InChI is InChI=1S/C12H13FN2S/c13-10-2-1-3-11(6-10)15-12(7-14)9-4-5-16-8-9/h1-6,8,12,15H,7,14H2. The molecule has 1 unspecified atom stereocenters. The summed E-state index contributed by atoms with van der Waals surface area (Å²) in [4.78, 5) is 0. The molecule has 0 aliphatic carbocycles. The van der Waals surface area contributed by atoms with Crippen molar-refractivity contribution in [3.05, 3.63) is 52.5 Å². The fourth-order valence-corrected chi connectivity index (χ4v) is 2.25. The van der Waals surface area contributed by atoms with E-state index in [0.29, 0.717) is 6.54 Å². The van der Waals surface area contributed by atoms with Crippen LogP contribution in [0.1, 0.15) is 11.6 Å². The van der Waals surface area contributed by atoms with Crippen molar-refractivity contribution in [2.75, 3.05) is 11.9 Å². The van der Waals surface area contributed by atoms with Gasteiger partial charge in [0.1, 0.15) is 5.82 Å². The molecule has 2 nitrogen and oxygen atoms in total. The van der Waals surface area contributed by atoms with E-state index in [-0.39, 0.29) is 11.9 Å². The molecule has 4 heteroatoms. The van der Waals surface area contributed by atoms with Crippen molar-refractivity contribution in [1.29, 1.82) is 0 Å². The molecular weight excluding hydrogens is 223 g/mol. The number of nitrogens with two attached hydrogens (primary N) is 1. The highest BCUT2D eigenvalue weighted by Gasteiger charge is 2.09. The van der Waals surface area contributed by atoms with Gasteiger partial charge in [0.25, 0.3) is 0 Å². The number of halogens is 1. The zero-order chi connectivity index (χ0) is 11.4. The lowest BCUT2D eigenvalue weighted by molar-refractivity contribution is 0.627. The van der Waals surface area contributed by atoms with Crippen molar-refractivity contribution >= 4 is 17.0 Å². The number of hydrogen-bond acceptors (Lipinski definition) is 3. The highest BCUT2D eigenvalue weighted by atomic mass is 32.1. The highest BCUT2D eigenvalue weighted by Crippen LogP contribution is 2.21. The van der Waals surface area contributed by atoms with E-state index in [0.717, 1.165) is 11.3 Å². The summed E-state index contributed by atoms with van der Waals surface area (Å²) < 4.78 is 13.0. The summed E-state index contributed by atoms with van der Waals surface area (Å²) in [6, 6.07) is 8.46. The van der Waals surface area contributed by atoms with E-state index in [9.17, 15) is 4.39 Å². The fraction of sp³-hybridized carbons (Fsp3) is 0.167. The van der Waals surface area contributed by atoms with Gasteiger partial charge in [-0.1, -0.05) is 6.07 Å². The smallest absolute Gasteiger partial charge is 0.125 e. The lowest BCUT2D eigenvalue weighted by atomic mass is 10.1. The Morgan fingerprint density at radius 2 is 2.25 bits per heavy atom. The van der Waals surface area contributed by atoms with E-state index in [4.69, 9.17) is 5.73 Å². The largest absolute Gasteiger partial charge is 0.377 e. The minimum Gasteiger partial charge on any atom is -0.377 e. The first kappa shape index (κ1) is 11.1. The quantitative estimate of drug-likeness (QED) is 0.856. The number of nitrogens with one attached hydrogen (secondary N) is 1. The Morgan fingerprint density at radius 3 is 2.88 bits per heavy atom. The van der Waals surface area contributed by atoms with Crippen LogP contribution in [-0.4, -0.2) is 6.54 Å². The molecule has 0 saturated heterocycles. The van der Waals surface area contributed by atoms with E-state index in [1.54, 1.807) is 17.4 Å². The van der Waals surface area contributed by atoms with Crippen LogP contribution in [0.5, 0.6) is 0 Å². The molecular formula is C12H13FN2S. The second-order valence-corrected chi connectivity index (χ2v) is 4.28. The first-order chi connectivity index (χ1) is 7.79. The summed E-state index contributed by atoms with van der Waals surface area (Å²) in [5.74, 6) is -0.244. The summed E-state index contributed by atoms with van der Waals surface area (Å²) in [5.41, 5.74) is 7.59. The van der Waals surface area contributed by atoms with Crippen molar-refractivity contribution in [3.8, 4) is 0 Å². The Morgan fingerprint density at radius 1 is 1.38 bits per heavy atom. The topological polar surface area (TPSA) is 38.0 Å². The van der Waals surface area contributed by atoms with Crippen molar-refractivity contribution < 1.29 is 4.39 Å². The molecule has 0 saturated carbocycles. The average Bonchev–Trinajstić information content (AvgIpc) is 2.79. The number of hydrogen-bond donors (Lipinski definition) is 2. The minimum absolute atomic E-state index is 0.0352. The van der Waals surface area contributed by atoms with Crippen LogP contribution in [0, 0.1) is 5.82 Å². The molecule has 2 rings (SSSR count). The average molecular weight is 236 g/mol. The van der Waals surface area contributed by atoms with Crippen LogP contribution in [0.2, 0.25) is 0 Å². The van der Waals surface area contributed by atoms with Crippen LogP contribution < -0.4 is 11.1 Å². The molecule has 1 heterocycles. The Labute approximate surface area is 97.9 Å². The number of thiophene rings is 1. The van der Waals surface area contributed by atoms with Gasteiger partial charge in [-0.25, -0.2) is 4.39 Å². The third kappa shape index (κ3) is 2.59. The van der Waals surface area contributed by atoms with Gasteiger partial charge in [0, 0.05) is 12.2 Å². The molecule has 84 valence electrons. The predicted molar refractivity (Wildman–Crippen MR) is 66.1 cm³/mol. The molecule has 0 aliphatic heterocycles. The molecule has 0 spiro atoms. The SMILES string of the molecule is NCC(Nc1cccc(F)c1)c1ccsc1. The fourth-order valence-electron chi connectivity index (χ4n) is 1.53. The summed E-state index contributed by atoms with van der Waals surface area (Å²) in [5, 5.41) is 7.26. The molecule has 1 atom stereocenters. The first-order valence-electron chi connectivity index (χ1n) is 5.04. The van der Waals surface area contributed by atoms with Gasteiger partial charge in [-0.05, 0) is 40.6 Å². The zero-order valence-corrected chi connectivity index (χ0v) is 9.51. The maximum absolute atomic E-state index is 13.0. The van der Waals surface area contributed by atoms with Gasteiger partial charge in [-0.15, -0.1) is 0 Å². The van der Waals surface area contributed by atoms with Gasteiger partial charge in [0.2, 0.25) is 0 Å². The molecule has 0 amide bonds. The van der Waals surface area contributed by atoms with Gasteiger partial charge < -0.3 is 11.1 Å². The Kier molecular flexibility index (Phi) is 3.54. The third-order valence-corrected chi connectivity index (χ3v) is 3.05.